The zero-order chi connectivity index (χ0) is 17.4. The summed E-state index contributed by atoms with van der Waals surface area (Å²) in [4.78, 5) is 17.8. The van der Waals surface area contributed by atoms with Gasteiger partial charge in [-0.25, -0.2) is 4.98 Å². The number of hydrogen-bond acceptors (Lipinski definition) is 4. The number of fused-ring (bicyclic) bond motifs is 1. The Morgan fingerprint density at radius 2 is 1.84 bits per heavy atom. The van der Waals surface area contributed by atoms with E-state index in [0.717, 1.165) is 27.8 Å². The molecule has 2 heterocycles. The Bertz CT molecular complexity index is 1060. The van der Waals surface area contributed by atoms with Gasteiger partial charge in [-0.2, -0.15) is 0 Å². The minimum absolute atomic E-state index is 0.130. The molecule has 0 spiro atoms. The third-order valence-electron chi connectivity index (χ3n) is 4.10. The normalized spacial score (nSPS) is 11.0. The highest BCUT2D eigenvalue weighted by Crippen LogP contribution is 2.34. The molecule has 4 rings (SSSR count). The van der Waals surface area contributed by atoms with Gasteiger partial charge in [0.25, 0.3) is 5.91 Å². The summed E-state index contributed by atoms with van der Waals surface area (Å²) >= 11 is 1.41. The lowest BCUT2D eigenvalue weighted by Crippen LogP contribution is -2.11. The number of carbonyl (C=O) groups is 1. The lowest BCUT2D eigenvalue weighted by Gasteiger charge is -2.10. The molecule has 2 aromatic heterocycles. The largest absolute Gasteiger partial charge is 0.436 e. The van der Waals surface area contributed by atoms with Crippen LogP contribution in [0.4, 0.5) is 5.69 Å². The SMILES string of the molecule is Cc1cccc(NC(=O)c2cccs2)c1-c1nc2c(C)cccc2o1. The maximum absolute atomic E-state index is 12.4. The Labute approximate surface area is 149 Å². The van der Waals surface area contributed by atoms with Gasteiger partial charge in [-0.3, -0.25) is 4.79 Å². The molecule has 25 heavy (non-hydrogen) atoms. The minimum atomic E-state index is -0.130. The second kappa shape index (κ2) is 6.18. The van der Waals surface area contributed by atoms with Gasteiger partial charge in [-0.15, -0.1) is 11.3 Å². The van der Waals surface area contributed by atoms with E-state index in [-0.39, 0.29) is 5.91 Å². The summed E-state index contributed by atoms with van der Waals surface area (Å²) in [5, 5.41) is 4.87. The van der Waals surface area contributed by atoms with Crippen molar-refractivity contribution < 1.29 is 9.21 Å². The molecule has 4 aromatic rings. The van der Waals surface area contributed by atoms with Gasteiger partial charge in [0.1, 0.15) is 5.52 Å². The highest BCUT2D eigenvalue weighted by atomic mass is 32.1. The molecule has 4 nitrogen and oxygen atoms in total. The van der Waals surface area contributed by atoms with Crippen LogP contribution in [0.5, 0.6) is 0 Å². The van der Waals surface area contributed by atoms with Crippen LogP contribution in [0.2, 0.25) is 0 Å². The first kappa shape index (κ1) is 15.6. The topological polar surface area (TPSA) is 55.1 Å². The monoisotopic (exact) mass is 348 g/mol. The molecule has 0 saturated carbocycles. The van der Waals surface area contributed by atoms with Gasteiger partial charge in [0, 0.05) is 0 Å². The van der Waals surface area contributed by atoms with Crippen molar-refractivity contribution in [2.24, 2.45) is 0 Å². The van der Waals surface area contributed by atoms with Crippen LogP contribution in [0.1, 0.15) is 20.8 Å². The van der Waals surface area contributed by atoms with E-state index in [1.54, 1.807) is 6.07 Å². The number of anilines is 1. The molecule has 124 valence electrons. The Kier molecular flexibility index (Phi) is 3.86. The first-order valence-electron chi connectivity index (χ1n) is 7.94. The number of carbonyl (C=O) groups excluding carboxylic acids is 1. The maximum Gasteiger partial charge on any atom is 0.265 e. The van der Waals surface area contributed by atoms with Crippen LogP contribution in [-0.4, -0.2) is 10.9 Å². The Balaban J connectivity index is 1.81. The minimum Gasteiger partial charge on any atom is -0.436 e. The predicted molar refractivity (Wildman–Crippen MR) is 101 cm³/mol. The van der Waals surface area contributed by atoms with Crippen molar-refractivity contribution in [3.8, 4) is 11.5 Å². The molecular weight excluding hydrogens is 332 g/mol. The molecule has 0 aliphatic rings. The first-order chi connectivity index (χ1) is 12.1. The number of aromatic nitrogens is 1. The van der Waals surface area contributed by atoms with E-state index in [1.165, 1.54) is 11.3 Å². The summed E-state index contributed by atoms with van der Waals surface area (Å²) in [5.74, 6) is 0.387. The van der Waals surface area contributed by atoms with Crippen LogP contribution in [0, 0.1) is 13.8 Å². The number of nitrogens with one attached hydrogen (secondary N) is 1. The van der Waals surface area contributed by atoms with Crippen LogP contribution in [0.15, 0.2) is 58.3 Å². The van der Waals surface area contributed by atoms with Gasteiger partial charge in [-0.05, 0) is 48.6 Å². The lowest BCUT2D eigenvalue weighted by molar-refractivity contribution is 0.103. The van der Waals surface area contributed by atoms with E-state index in [2.05, 4.69) is 10.3 Å². The molecule has 1 N–H and O–H groups in total. The smallest absolute Gasteiger partial charge is 0.265 e. The molecule has 0 atom stereocenters. The second-order valence-corrected chi connectivity index (χ2v) is 6.82. The summed E-state index contributed by atoms with van der Waals surface area (Å²) in [6.07, 6.45) is 0. The van der Waals surface area contributed by atoms with Gasteiger partial charge in [0.15, 0.2) is 5.58 Å². The Morgan fingerprint density at radius 3 is 2.60 bits per heavy atom. The summed E-state index contributed by atoms with van der Waals surface area (Å²) in [6, 6.07) is 15.3. The number of amides is 1. The van der Waals surface area contributed by atoms with Crippen LogP contribution >= 0.6 is 11.3 Å². The van der Waals surface area contributed by atoms with Gasteiger partial charge >= 0.3 is 0 Å². The quantitative estimate of drug-likeness (QED) is 0.537. The molecule has 0 fully saturated rings. The number of rotatable bonds is 3. The summed E-state index contributed by atoms with van der Waals surface area (Å²) in [7, 11) is 0. The molecule has 0 radical (unpaired) electrons. The molecule has 0 aliphatic heterocycles. The molecule has 0 saturated heterocycles. The van der Waals surface area contributed by atoms with E-state index >= 15 is 0 Å². The van der Waals surface area contributed by atoms with E-state index in [0.29, 0.717) is 16.5 Å². The standard InChI is InChI=1S/C20H16N2O2S/c1-12-6-3-8-14(21-19(23)16-10-5-11-25-16)17(12)20-22-18-13(2)7-4-9-15(18)24-20/h3-11H,1-2H3,(H,21,23). The van der Waals surface area contributed by atoms with E-state index in [1.807, 2.05) is 61.7 Å². The molecule has 0 unspecified atom stereocenters. The first-order valence-corrected chi connectivity index (χ1v) is 8.82. The van der Waals surface area contributed by atoms with E-state index in [9.17, 15) is 4.79 Å². The third-order valence-corrected chi connectivity index (χ3v) is 4.97. The van der Waals surface area contributed by atoms with Crippen molar-refractivity contribution in [2.45, 2.75) is 13.8 Å². The Morgan fingerprint density at radius 1 is 1.04 bits per heavy atom. The summed E-state index contributed by atoms with van der Waals surface area (Å²) in [5.41, 5.74) is 5.15. The van der Waals surface area contributed by atoms with Crippen molar-refractivity contribution >= 4 is 34.0 Å². The van der Waals surface area contributed by atoms with Crippen LogP contribution in [0.25, 0.3) is 22.6 Å². The summed E-state index contributed by atoms with van der Waals surface area (Å²) < 4.78 is 5.97. The van der Waals surface area contributed by atoms with Crippen molar-refractivity contribution in [3.63, 3.8) is 0 Å². The molecule has 5 heteroatoms. The zero-order valence-electron chi connectivity index (χ0n) is 13.9. The number of nitrogens with zero attached hydrogens (tertiary/aromatic N) is 1. The second-order valence-electron chi connectivity index (χ2n) is 5.87. The average Bonchev–Trinajstić information content (AvgIpc) is 3.25. The van der Waals surface area contributed by atoms with Gasteiger partial charge in [0.2, 0.25) is 5.89 Å². The number of hydrogen-bond donors (Lipinski definition) is 1. The molecular formula is C20H16N2O2S. The van der Waals surface area contributed by atoms with Gasteiger partial charge in [0.05, 0.1) is 16.1 Å². The molecule has 1 amide bonds. The number of benzene rings is 2. The molecule has 0 aliphatic carbocycles. The highest BCUT2D eigenvalue weighted by molar-refractivity contribution is 7.12. The lowest BCUT2D eigenvalue weighted by atomic mass is 10.1. The molecule has 2 aromatic carbocycles. The average molecular weight is 348 g/mol. The molecule has 0 bridgehead atoms. The van der Waals surface area contributed by atoms with E-state index in [4.69, 9.17) is 4.42 Å². The third kappa shape index (κ3) is 2.83. The van der Waals surface area contributed by atoms with Crippen molar-refractivity contribution in [1.29, 1.82) is 0 Å². The van der Waals surface area contributed by atoms with Gasteiger partial charge < -0.3 is 9.73 Å². The van der Waals surface area contributed by atoms with E-state index < -0.39 is 0 Å². The van der Waals surface area contributed by atoms with Crippen LogP contribution in [0.3, 0.4) is 0 Å². The highest BCUT2D eigenvalue weighted by Gasteiger charge is 2.18. The van der Waals surface area contributed by atoms with Crippen LogP contribution in [-0.2, 0) is 0 Å². The van der Waals surface area contributed by atoms with Crippen molar-refractivity contribution in [3.05, 3.63) is 69.9 Å². The van der Waals surface area contributed by atoms with Gasteiger partial charge in [-0.1, -0.05) is 30.3 Å². The fourth-order valence-electron chi connectivity index (χ4n) is 2.84. The maximum atomic E-state index is 12.4. The number of aryl methyl sites for hydroxylation is 2. The zero-order valence-corrected chi connectivity index (χ0v) is 14.7. The van der Waals surface area contributed by atoms with Crippen LogP contribution < -0.4 is 5.32 Å². The van der Waals surface area contributed by atoms with Crippen molar-refractivity contribution in [2.75, 3.05) is 5.32 Å². The van der Waals surface area contributed by atoms with Crippen molar-refractivity contribution in [1.82, 2.24) is 4.98 Å². The fraction of sp³-hybridized carbons (Fsp3) is 0.100. The fourth-order valence-corrected chi connectivity index (χ4v) is 3.46. The Hall–Kier alpha value is -2.92. The number of oxazole rings is 1. The predicted octanol–water partition coefficient (Wildman–Crippen LogP) is 5.43. The number of para-hydroxylation sites is 1. The summed E-state index contributed by atoms with van der Waals surface area (Å²) in [6.45, 7) is 3.99. The number of thiophene rings is 1.